The molecule has 6 atom stereocenters. The number of benzene rings is 2. The summed E-state index contributed by atoms with van der Waals surface area (Å²) in [4.78, 5) is 82.5. The third-order valence-electron chi connectivity index (χ3n) is 15.4. The Morgan fingerprint density at radius 2 is 1.70 bits per heavy atom. The molecule has 18 heteroatoms. The second-order valence-corrected chi connectivity index (χ2v) is 22.0. The molecule has 2 saturated heterocycles. The van der Waals surface area contributed by atoms with E-state index in [-0.39, 0.29) is 54.1 Å². The van der Waals surface area contributed by atoms with E-state index in [1.807, 2.05) is 64.1 Å². The van der Waals surface area contributed by atoms with E-state index in [1.165, 1.54) is 18.2 Å². The number of likely N-dealkylation sites (tertiary alicyclic amines) is 1. The first-order chi connectivity index (χ1) is 36.4. The fraction of sp³-hybridized carbons (Fsp3) is 0.552. The molecule has 0 radical (unpaired) electrons. The van der Waals surface area contributed by atoms with Gasteiger partial charge in [0.25, 0.3) is 11.7 Å². The lowest BCUT2D eigenvalue weighted by atomic mass is 9.85. The van der Waals surface area contributed by atoms with Crippen molar-refractivity contribution in [1.29, 1.82) is 0 Å². The highest BCUT2D eigenvalue weighted by Crippen LogP contribution is 2.44. The SMILES string of the molecule is [C-]#[N+]c1c2c(nn1CCCC(=O)CCCCCCCCN[C@@H]1C[C@H](C(=O)N[C@@H](CC)c3ccccc3)N(C(=O)[C@H](NC(=O)[C@@H](C)NC)C(C)(C)C)C1)CN(C)C(=O)c1ccc(F)cc1[C@H]1CCCN1c1cc-2cnc1N. The summed E-state index contributed by atoms with van der Waals surface area (Å²) in [6.45, 7) is 20.0. The minimum absolute atomic E-state index is 0.0955. The van der Waals surface area contributed by atoms with Crippen molar-refractivity contribution < 1.29 is 28.4 Å². The fourth-order valence-corrected chi connectivity index (χ4v) is 11.0. The van der Waals surface area contributed by atoms with Gasteiger partial charge in [0.15, 0.2) is 0 Å². The topological polar surface area (TPSA) is 204 Å². The number of rotatable bonds is 22. The maximum absolute atomic E-state index is 14.7. The number of hydrogen-bond acceptors (Lipinski definition) is 11. The molecule has 408 valence electrons. The first-order valence-corrected chi connectivity index (χ1v) is 27.4. The Bertz CT molecular complexity index is 2730. The van der Waals surface area contributed by atoms with Crippen molar-refractivity contribution in [2.75, 3.05) is 44.4 Å². The quantitative estimate of drug-likeness (QED) is 0.0375. The Labute approximate surface area is 448 Å². The standard InChI is InChI=1S/C58H79FN12O5/c1-9-45(38-21-15-14-16-22-38)65-55(74)49-33-41(35-70(49)57(76)51(58(3,4)5)66-54(73)37(2)61-6)63-28-18-13-11-10-12-17-23-42(72)24-19-30-71-53(62-7)50-39-31-48(52(60)64-34-39)69-29-20-25-47(69)44-32-40(59)26-27-43(44)56(75)68(8)36-46(50)67-71/h14-16,21-22,26-27,31-32,34,37,41,45,47,49,51,61,63H,9-13,17-20,23-25,28-30,33,35-36H2,1-6,8H3,(H2,60,64)(H,65,74)(H,66,73)/t37-,41-,45+,47-,49-,51+/m1/s1. The van der Waals surface area contributed by atoms with Crippen LogP contribution in [-0.2, 0) is 32.3 Å². The summed E-state index contributed by atoms with van der Waals surface area (Å²) >= 11 is 0. The van der Waals surface area contributed by atoms with Gasteiger partial charge in [-0.15, -0.1) is 5.10 Å². The van der Waals surface area contributed by atoms with E-state index < -0.39 is 29.4 Å². The average molecular weight is 1040 g/mol. The van der Waals surface area contributed by atoms with Gasteiger partial charge in [-0.3, -0.25) is 24.0 Å². The van der Waals surface area contributed by atoms with Gasteiger partial charge < -0.3 is 46.5 Å². The Morgan fingerprint density at radius 1 is 0.974 bits per heavy atom. The Morgan fingerprint density at radius 3 is 2.41 bits per heavy atom. The number of ketones is 1. The van der Waals surface area contributed by atoms with E-state index in [1.54, 1.807) is 41.7 Å². The average Bonchev–Trinajstić information content (AvgIpc) is 4.16. The summed E-state index contributed by atoms with van der Waals surface area (Å²) in [6, 6.07) is 13.4. The van der Waals surface area contributed by atoms with Crippen LogP contribution in [0.4, 0.5) is 21.7 Å². The van der Waals surface area contributed by atoms with Crippen molar-refractivity contribution in [3.05, 3.63) is 100 Å². The van der Waals surface area contributed by atoms with Crippen LogP contribution in [0.15, 0.2) is 60.8 Å². The highest BCUT2D eigenvalue weighted by Gasteiger charge is 2.45. The van der Waals surface area contributed by atoms with Gasteiger partial charge in [0.05, 0.1) is 36.9 Å². The molecule has 2 aromatic carbocycles. The summed E-state index contributed by atoms with van der Waals surface area (Å²) in [5.74, 6) is -0.674. The van der Waals surface area contributed by atoms with Crippen LogP contribution in [0.2, 0.25) is 0 Å². The number of anilines is 2. The minimum Gasteiger partial charge on any atom is -0.382 e. The monoisotopic (exact) mass is 1040 g/mol. The van der Waals surface area contributed by atoms with Gasteiger partial charge in [-0.2, -0.15) is 4.68 Å². The van der Waals surface area contributed by atoms with Crippen LogP contribution < -0.4 is 31.9 Å². The number of fused-ring (bicyclic) bond motifs is 8. The number of nitrogens with zero attached hydrogens (tertiary/aromatic N) is 7. The number of hydrogen-bond donors (Lipinski definition) is 5. The van der Waals surface area contributed by atoms with E-state index in [9.17, 15) is 28.4 Å². The Balaban J connectivity index is 0.882. The molecule has 2 fully saturated rings. The van der Waals surface area contributed by atoms with E-state index >= 15 is 0 Å². The molecule has 5 heterocycles. The van der Waals surface area contributed by atoms with Crippen LogP contribution >= 0.6 is 0 Å². The molecule has 3 aliphatic heterocycles. The second kappa shape index (κ2) is 25.9. The lowest BCUT2D eigenvalue weighted by Crippen LogP contribution is -2.59. The number of likely N-dealkylation sites (N-methyl/N-ethyl adjacent to an activating group) is 1. The van der Waals surface area contributed by atoms with Gasteiger partial charge in [-0.25, -0.2) is 9.37 Å². The van der Waals surface area contributed by atoms with Crippen LogP contribution in [0, 0.1) is 17.8 Å². The fourth-order valence-electron chi connectivity index (χ4n) is 11.0. The molecule has 76 heavy (non-hydrogen) atoms. The number of amides is 4. The molecule has 0 aliphatic carbocycles. The van der Waals surface area contributed by atoms with Gasteiger partial charge in [0, 0.05) is 56.3 Å². The normalized spacial score (nSPS) is 18.6. The number of carbonyl (C=O) groups excluding carboxylic acids is 5. The third kappa shape index (κ3) is 13.6. The van der Waals surface area contributed by atoms with Crippen molar-refractivity contribution in [3.8, 4) is 11.1 Å². The first kappa shape index (κ1) is 57.0. The molecule has 4 aromatic rings. The number of pyridine rings is 1. The molecule has 0 unspecified atom stereocenters. The zero-order chi connectivity index (χ0) is 54.7. The number of aromatic nitrogens is 3. The molecule has 7 rings (SSSR count). The number of Topliss-reactive ketones (excluding diaryl/α,β-unsaturated/α-hetero) is 1. The van der Waals surface area contributed by atoms with Gasteiger partial charge in [-0.05, 0) is 112 Å². The van der Waals surface area contributed by atoms with E-state index in [2.05, 4.69) is 36.0 Å². The summed E-state index contributed by atoms with van der Waals surface area (Å²) < 4.78 is 16.4. The number of carbonyl (C=O) groups is 5. The van der Waals surface area contributed by atoms with Gasteiger partial charge in [-0.1, -0.05) is 90.3 Å². The number of halogens is 1. The van der Waals surface area contributed by atoms with Crippen molar-refractivity contribution in [1.82, 2.24) is 45.8 Å². The van der Waals surface area contributed by atoms with Crippen LogP contribution in [0.3, 0.4) is 0 Å². The van der Waals surface area contributed by atoms with Crippen molar-refractivity contribution in [2.45, 2.75) is 167 Å². The molecule has 6 N–H and O–H groups in total. The minimum atomic E-state index is -0.831. The van der Waals surface area contributed by atoms with Crippen LogP contribution in [0.1, 0.15) is 157 Å². The second-order valence-electron chi connectivity index (χ2n) is 22.0. The maximum Gasteiger partial charge on any atom is 0.260 e. The molecule has 17 nitrogen and oxygen atoms in total. The van der Waals surface area contributed by atoms with Crippen molar-refractivity contribution in [2.24, 2.45) is 5.41 Å². The lowest BCUT2D eigenvalue weighted by Gasteiger charge is -2.36. The molecular formula is C58H79FN12O5. The van der Waals surface area contributed by atoms with Gasteiger partial charge in [0.2, 0.25) is 17.7 Å². The number of nitrogen functional groups attached to an aromatic ring is 1. The molecular weight excluding hydrogens is 964 g/mol. The summed E-state index contributed by atoms with van der Waals surface area (Å²) in [5.41, 5.74) is 10.3. The molecule has 0 spiro atoms. The highest BCUT2D eigenvalue weighted by molar-refractivity contribution is 5.97. The number of nitrogens with two attached hydrogens (primary N) is 1. The van der Waals surface area contributed by atoms with Crippen LogP contribution in [0.25, 0.3) is 16.0 Å². The zero-order valence-electron chi connectivity index (χ0n) is 45.6. The highest BCUT2D eigenvalue weighted by atomic mass is 19.1. The zero-order valence-corrected chi connectivity index (χ0v) is 45.6. The predicted molar refractivity (Wildman–Crippen MR) is 294 cm³/mol. The largest absolute Gasteiger partial charge is 0.382 e. The van der Waals surface area contributed by atoms with Crippen molar-refractivity contribution in [3.63, 3.8) is 0 Å². The smallest absolute Gasteiger partial charge is 0.260 e. The van der Waals surface area contributed by atoms with E-state index in [0.717, 1.165) is 57.1 Å². The first-order valence-electron chi connectivity index (χ1n) is 27.4. The number of nitrogens with one attached hydrogen (secondary N) is 4. The summed E-state index contributed by atoms with van der Waals surface area (Å²) in [5, 5.41) is 17.6. The Hall–Kier alpha value is -6.71. The predicted octanol–water partition coefficient (Wildman–Crippen LogP) is 8.19. The maximum atomic E-state index is 14.7. The number of unbranched alkanes of at least 4 members (excludes halogenated alkanes) is 5. The van der Waals surface area contributed by atoms with Crippen LogP contribution in [0.5, 0.6) is 0 Å². The third-order valence-corrected chi connectivity index (χ3v) is 15.4. The number of aryl methyl sites for hydroxylation is 1. The van der Waals surface area contributed by atoms with Crippen LogP contribution in [-0.4, -0.2) is 112 Å². The molecule has 4 amide bonds. The molecule has 2 aromatic heterocycles. The van der Waals surface area contributed by atoms with Gasteiger partial charge in [0.1, 0.15) is 35.2 Å². The van der Waals surface area contributed by atoms with E-state index in [0.29, 0.717) is 103 Å². The molecule has 3 aliphatic rings. The summed E-state index contributed by atoms with van der Waals surface area (Å²) in [7, 11) is 3.38. The van der Waals surface area contributed by atoms with Crippen molar-refractivity contribution >= 4 is 46.7 Å². The molecule has 0 saturated carbocycles. The molecule has 2 bridgehead atoms. The van der Waals surface area contributed by atoms with E-state index in [4.69, 9.17) is 17.4 Å². The van der Waals surface area contributed by atoms with Gasteiger partial charge >= 0.3 is 0 Å². The lowest BCUT2D eigenvalue weighted by molar-refractivity contribution is -0.144. The summed E-state index contributed by atoms with van der Waals surface area (Å²) in [6.07, 6.45) is 11.3. The Kier molecular flexibility index (Phi) is 19.4.